The van der Waals surface area contributed by atoms with Crippen molar-refractivity contribution in [3.63, 3.8) is 0 Å². The molecule has 0 aliphatic carbocycles. The van der Waals surface area contributed by atoms with Crippen LogP contribution in [0.1, 0.15) is 0 Å². The molecule has 0 radical (unpaired) electrons. The van der Waals surface area contributed by atoms with E-state index < -0.39 is 80.4 Å². The number of ether oxygens (including phenoxy) is 4. The molecule has 13 heteroatoms. The molecule has 0 bridgehead atoms. The molecule has 0 unspecified atom stereocenters. The molecular formula is C22H28O13. The monoisotopic (exact) mass is 500 g/mol. The molecule has 9 N–H and O–H groups in total. The molecule has 2 aliphatic heterocycles. The molecule has 2 saturated heterocycles. The van der Waals surface area contributed by atoms with Crippen LogP contribution in [-0.4, -0.2) is 121 Å². The van der Waals surface area contributed by atoms with Crippen LogP contribution in [-0.2, 0) is 9.47 Å². The van der Waals surface area contributed by atoms with Gasteiger partial charge in [0.2, 0.25) is 12.6 Å². The molecule has 35 heavy (non-hydrogen) atoms. The van der Waals surface area contributed by atoms with Crippen LogP contribution >= 0.6 is 0 Å². The normalized spacial score (nSPS) is 37.8. The first-order valence-electron chi connectivity index (χ1n) is 10.9. The Morgan fingerprint density at radius 2 is 1.14 bits per heavy atom. The van der Waals surface area contributed by atoms with Crippen LogP contribution in [0.4, 0.5) is 0 Å². The lowest BCUT2D eigenvalue weighted by atomic mass is 9.99. The summed E-state index contributed by atoms with van der Waals surface area (Å²) in [6.45, 7) is -1.31. The fourth-order valence-corrected chi connectivity index (χ4v) is 4.09. The molecule has 0 aromatic heterocycles. The number of rotatable bonds is 6. The van der Waals surface area contributed by atoms with Crippen LogP contribution in [0.15, 0.2) is 30.3 Å². The summed E-state index contributed by atoms with van der Waals surface area (Å²) in [6, 6.07) is 7.47. The number of hydrogen-bond acceptors (Lipinski definition) is 13. The fraction of sp³-hybridized carbons (Fsp3) is 0.545. The summed E-state index contributed by atoms with van der Waals surface area (Å²) in [7, 11) is 0. The topological polar surface area (TPSA) is 219 Å². The maximum atomic E-state index is 10.7. The van der Waals surface area contributed by atoms with Crippen molar-refractivity contribution < 1.29 is 64.9 Å². The molecule has 4 rings (SSSR count). The van der Waals surface area contributed by atoms with E-state index >= 15 is 0 Å². The van der Waals surface area contributed by atoms with Crippen molar-refractivity contribution in [2.24, 2.45) is 0 Å². The molecular weight excluding hydrogens is 472 g/mol. The molecule has 2 fully saturated rings. The van der Waals surface area contributed by atoms with Gasteiger partial charge in [0.25, 0.3) is 0 Å². The largest absolute Gasteiger partial charge is 0.504 e. The second-order valence-corrected chi connectivity index (χ2v) is 8.40. The summed E-state index contributed by atoms with van der Waals surface area (Å²) < 4.78 is 22.0. The third-order valence-corrected chi connectivity index (χ3v) is 6.11. The minimum absolute atomic E-state index is 0.0106. The number of phenols is 1. The van der Waals surface area contributed by atoms with Gasteiger partial charge in [-0.25, -0.2) is 0 Å². The second-order valence-electron chi connectivity index (χ2n) is 8.40. The van der Waals surface area contributed by atoms with Gasteiger partial charge in [-0.3, -0.25) is 0 Å². The summed E-state index contributed by atoms with van der Waals surface area (Å²) in [5.41, 5.74) is 0. The van der Waals surface area contributed by atoms with E-state index in [1.165, 1.54) is 6.07 Å². The van der Waals surface area contributed by atoms with E-state index in [1.807, 2.05) is 0 Å². The van der Waals surface area contributed by atoms with Crippen LogP contribution in [0.3, 0.4) is 0 Å². The summed E-state index contributed by atoms with van der Waals surface area (Å²) in [6.07, 6.45) is -15.4. The van der Waals surface area contributed by atoms with E-state index in [0.29, 0.717) is 5.39 Å². The maximum Gasteiger partial charge on any atom is 0.229 e. The van der Waals surface area contributed by atoms with E-state index in [9.17, 15) is 46.0 Å². The smallest absolute Gasteiger partial charge is 0.229 e. The van der Waals surface area contributed by atoms with Gasteiger partial charge in [-0.2, -0.15) is 0 Å². The number of phenolic OH excluding ortho intramolecular Hbond substituents is 1. The van der Waals surface area contributed by atoms with Crippen LogP contribution < -0.4 is 9.47 Å². The predicted molar refractivity (Wildman–Crippen MR) is 114 cm³/mol. The first-order valence-corrected chi connectivity index (χ1v) is 10.9. The van der Waals surface area contributed by atoms with Crippen LogP contribution in [0.25, 0.3) is 10.8 Å². The highest BCUT2D eigenvalue weighted by Crippen LogP contribution is 2.43. The van der Waals surface area contributed by atoms with Crippen molar-refractivity contribution in [1.82, 2.24) is 0 Å². The standard InChI is InChI=1S/C22H28O13/c23-6-12-14(26)16(28)18(30)21(33-12)32-11-5-10(25)20(9-4-2-1-3-8(9)11)35-22-19(31)17(29)15(27)13(7-24)34-22/h1-5,12-19,21-31H,6-7H2/t12-,13-,14-,15-,16-,17-,18-,19-,21-,22+/m0/s1. The quantitative estimate of drug-likeness (QED) is 0.192. The SMILES string of the molecule is OC[C@@H]1O[C@H](Oc2cc(O)c(O[C@H]3O[C@@H](CO)[C@H](O)[C@H](O)[C@@H]3O)c3ccccc23)[C@@H](O)[C@@H](O)[C@H]1O. The van der Waals surface area contributed by atoms with Crippen LogP contribution in [0.5, 0.6) is 17.2 Å². The molecule has 13 nitrogen and oxygen atoms in total. The predicted octanol–water partition coefficient (Wildman–Crippen LogP) is -3.10. The van der Waals surface area contributed by atoms with Crippen molar-refractivity contribution in [1.29, 1.82) is 0 Å². The fourth-order valence-electron chi connectivity index (χ4n) is 4.09. The highest BCUT2D eigenvalue weighted by Gasteiger charge is 2.46. The number of aliphatic hydroxyl groups excluding tert-OH is 8. The third-order valence-electron chi connectivity index (χ3n) is 6.11. The van der Waals surface area contributed by atoms with Gasteiger partial charge in [0.1, 0.15) is 54.6 Å². The zero-order valence-electron chi connectivity index (χ0n) is 18.2. The summed E-state index contributed by atoms with van der Waals surface area (Å²) in [4.78, 5) is 0. The zero-order chi connectivity index (χ0) is 25.4. The van der Waals surface area contributed by atoms with Gasteiger partial charge in [-0.15, -0.1) is 0 Å². The van der Waals surface area contributed by atoms with Crippen molar-refractivity contribution in [3.05, 3.63) is 30.3 Å². The van der Waals surface area contributed by atoms with Crippen molar-refractivity contribution in [3.8, 4) is 17.2 Å². The van der Waals surface area contributed by atoms with E-state index in [-0.39, 0.29) is 16.9 Å². The Kier molecular flexibility index (Phi) is 7.63. The molecule has 0 amide bonds. The van der Waals surface area contributed by atoms with E-state index in [2.05, 4.69) is 0 Å². The first kappa shape index (κ1) is 25.8. The Morgan fingerprint density at radius 3 is 1.66 bits per heavy atom. The molecule has 2 aliphatic rings. The molecule has 194 valence electrons. The van der Waals surface area contributed by atoms with E-state index in [0.717, 1.165) is 6.07 Å². The second kappa shape index (κ2) is 10.4. The number of aromatic hydroxyl groups is 1. The Bertz CT molecular complexity index is 1010. The third kappa shape index (κ3) is 4.75. The van der Waals surface area contributed by atoms with Gasteiger partial charge in [0, 0.05) is 16.8 Å². The number of hydrogen-bond donors (Lipinski definition) is 9. The molecule has 2 aromatic carbocycles. The zero-order valence-corrected chi connectivity index (χ0v) is 18.2. The molecule has 2 aromatic rings. The van der Waals surface area contributed by atoms with Gasteiger partial charge in [-0.05, 0) is 0 Å². The summed E-state index contributed by atoms with van der Waals surface area (Å²) in [5.74, 6) is -0.685. The van der Waals surface area contributed by atoms with Crippen LogP contribution in [0.2, 0.25) is 0 Å². The highest BCUT2D eigenvalue weighted by molar-refractivity contribution is 5.95. The maximum absolute atomic E-state index is 10.7. The van der Waals surface area contributed by atoms with Gasteiger partial charge in [0.05, 0.1) is 13.2 Å². The Balaban J connectivity index is 1.65. The first-order chi connectivity index (χ1) is 16.7. The Labute approximate surface area is 198 Å². The average molecular weight is 500 g/mol. The minimum atomic E-state index is -1.71. The Hall–Kier alpha value is -2.30. The summed E-state index contributed by atoms with van der Waals surface area (Å²) in [5, 5.41) is 90.5. The van der Waals surface area contributed by atoms with Crippen molar-refractivity contribution >= 4 is 10.8 Å². The van der Waals surface area contributed by atoms with Gasteiger partial charge >= 0.3 is 0 Å². The Morgan fingerprint density at radius 1 is 0.657 bits per heavy atom. The van der Waals surface area contributed by atoms with Crippen LogP contribution in [0, 0.1) is 0 Å². The number of benzene rings is 2. The molecule has 0 spiro atoms. The van der Waals surface area contributed by atoms with E-state index in [4.69, 9.17) is 18.9 Å². The van der Waals surface area contributed by atoms with E-state index in [1.54, 1.807) is 18.2 Å². The number of fused-ring (bicyclic) bond motifs is 1. The van der Waals surface area contributed by atoms with Gasteiger partial charge < -0.3 is 64.9 Å². The van der Waals surface area contributed by atoms with Crippen molar-refractivity contribution in [2.45, 2.75) is 61.4 Å². The number of aliphatic hydroxyl groups is 8. The van der Waals surface area contributed by atoms with Crippen molar-refractivity contribution in [2.75, 3.05) is 13.2 Å². The molecule has 2 heterocycles. The molecule has 10 atom stereocenters. The van der Waals surface area contributed by atoms with Gasteiger partial charge in [-0.1, -0.05) is 24.3 Å². The summed E-state index contributed by atoms with van der Waals surface area (Å²) >= 11 is 0. The molecule has 0 saturated carbocycles. The average Bonchev–Trinajstić information content (AvgIpc) is 2.86. The lowest BCUT2D eigenvalue weighted by Crippen LogP contribution is -2.60. The van der Waals surface area contributed by atoms with Gasteiger partial charge in [0.15, 0.2) is 11.5 Å². The highest BCUT2D eigenvalue weighted by atomic mass is 16.7. The minimum Gasteiger partial charge on any atom is -0.504 e. The lowest BCUT2D eigenvalue weighted by Gasteiger charge is -2.40. The lowest BCUT2D eigenvalue weighted by molar-refractivity contribution is -0.277.